The monoisotopic (exact) mass is 494 g/mol. The van der Waals surface area contributed by atoms with E-state index in [0.717, 1.165) is 15.6 Å². The van der Waals surface area contributed by atoms with Crippen molar-refractivity contribution in [2.75, 3.05) is 0 Å². The Morgan fingerprint density at radius 1 is 1.10 bits per heavy atom. The van der Waals surface area contributed by atoms with Gasteiger partial charge < -0.3 is 4.74 Å². The Kier molecular flexibility index (Phi) is 7.25. The van der Waals surface area contributed by atoms with Crippen molar-refractivity contribution in [2.24, 2.45) is 5.10 Å². The second kappa shape index (κ2) is 9.87. The minimum Gasteiger partial charge on any atom is -0.488 e. The maximum Gasteiger partial charge on any atom is 0.272 e. The van der Waals surface area contributed by atoms with Crippen molar-refractivity contribution in [2.45, 2.75) is 6.61 Å². The minimum absolute atomic E-state index is 0.246. The first kappa shape index (κ1) is 21.3. The predicted octanol–water partition coefficient (Wildman–Crippen LogP) is 6.24. The molecule has 0 radical (unpaired) electrons. The van der Waals surface area contributed by atoms with Gasteiger partial charge >= 0.3 is 0 Å². The summed E-state index contributed by atoms with van der Waals surface area (Å²) in [6.07, 6.45) is 1.50. The van der Waals surface area contributed by atoms with Crippen molar-refractivity contribution >= 4 is 51.3 Å². The van der Waals surface area contributed by atoms with Crippen LogP contribution in [0.5, 0.6) is 5.75 Å². The maximum atomic E-state index is 12.9. The van der Waals surface area contributed by atoms with Gasteiger partial charge in [-0.15, -0.1) is 0 Å². The molecule has 0 aliphatic heterocycles. The third-order valence-corrected chi connectivity index (χ3v) is 4.99. The molecule has 0 spiro atoms. The third kappa shape index (κ3) is 6.03. The fraction of sp³-hybridized carbons (Fsp3) is 0.0476. The van der Waals surface area contributed by atoms with Crippen LogP contribution in [0.3, 0.4) is 0 Å². The molecule has 4 nitrogen and oxygen atoms in total. The predicted molar refractivity (Wildman–Crippen MR) is 116 cm³/mol. The van der Waals surface area contributed by atoms with Crippen LogP contribution in [0.2, 0.25) is 10.0 Å². The lowest BCUT2D eigenvalue weighted by Crippen LogP contribution is -2.18. The van der Waals surface area contributed by atoms with Crippen molar-refractivity contribution < 1.29 is 13.9 Å². The molecular formula is C21H14BrCl2FN2O2. The standard InChI is InChI=1S/C21H14BrCl2FN2O2/c22-18-9-14(3-8-20(18)29-12-13-1-5-16(25)6-2-13)11-26-27-21(28)17-7-4-15(23)10-19(17)24/h1-11H,12H2,(H,27,28)/b26-11-. The molecule has 1 amide bonds. The Bertz CT molecular complexity index is 1060. The number of carbonyl (C=O) groups excluding carboxylic acids is 1. The van der Waals surface area contributed by atoms with E-state index in [1.165, 1.54) is 30.5 Å². The van der Waals surface area contributed by atoms with Crippen LogP contribution in [0.15, 0.2) is 70.2 Å². The highest BCUT2D eigenvalue weighted by atomic mass is 79.9. The van der Waals surface area contributed by atoms with Gasteiger partial charge in [-0.3, -0.25) is 4.79 Å². The summed E-state index contributed by atoms with van der Waals surface area (Å²) in [4.78, 5) is 12.1. The van der Waals surface area contributed by atoms with Crippen LogP contribution in [-0.4, -0.2) is 12.1 Å². The first-order chi connectivity index (χ1) is 13.9. The molecule has 8 heteroatoms. The van der Waals surface area contributed by atoms with Crippen LogP contribution < -0.4 is 10.2 Å². The maximum absolute atomic E-state index is 12.9. The zero-order chi connectivity index (χ0) is 20.8. The lowest BCUT2D eigenvalue weighted by Gasteiger charge is -2.09. The molecule has 29 heavy (non-hydrogen) atoms. The van der Waals surface area contributed by atoms with Gasteiger partial charge in [-0.05, 0) is 75.6 Å². The molecule has 1 N–H and O–H groups in total. The number of hydrogen-bond acceptors (Lipinski definition) is 3. The zero-order valence-electron chi connectivity index (χ0n) is 14.8. The van der Waals surface area contributed by atoms with Crippen molar-refractivity contribution in [3.05, 3.63) is 97.7 Å². The van der Waals surface area contributed by atoms with Crippen molar-refractivity contribution in [3.8, 4) is 5.75 Å². The van der Waals surface area contributed by atoms with E-state index in [1.807, 2.05) is 0 Å². The van der Waals surface area contributed by atoms with Crippen LogP contribution in [0.25, 0.3) is 0 Å². The van der Waals surface area contributed by atoms with Gasteiger partial charge in [0.05, 0.1) is 21.3 Å². The lowest BCUT2D eigenvalue weighted by atomic mass is 10.2. The van der Waals surface area contributed by atoms with Crippen LogP contribution in [0.4, 0.5) is 4.39 Å². The number of carbonyl (C=O) groups is 1. The van der Waals surface area contributed by atoms with Crippen molar-refractivity contribution in [1.29, 1.82) is 0 Å². The normalized spacial score (nSPS) is 10.9. The van der Waals surface area contributed by atoms with Gasteiger partial charge in [0.2, 0.25) is 0 Å². The molecule has 0 unspecified atom stereocenters. The number of halogens is 4. The van der Waals surface area contributed by atoms with Gasteiger partial charge in [-0.2, -0.15) is 5.10 Å². The number of ether oxygens (including phenoxy) is 1. The molecule has 3 rings (SSSR count). The van der Waals surface area contributed by atoms with Crippen LogP contribution in [0, 0.1) is 5.82 Å². The number of benzene rings is 3. The van der Waals surface area contributed by atoms with Gasteiger partial charge in [0.25, 0.3) is 5.91 Å². The van der Waals surface area contributed by atoms with E-state index in [-0.39, 0.29) is 16.4 Å². The molecule has 0 bridgehead atoms. The number of nitrogens with zero attached hydrogens (tertiary/aromatic N) is 1. The Morgan fingerprint density at radius 3 is 2.55 bits per heavy atom. The zero-order valence-corrected chi connectivity index (χ0v) is 17.9. The van der Waals surface area contributed by atoms with E-state index in [1.54, 1.807) is 36.4 Å². The second-order valence-electron chi connectivity index (χ2n) is 5.93. The molecule has 0 fully saturated rings. The van der Waals surface area contributed by atoms with Gasteiger partial charge in [0, 0.05) is 5.02 Å². The molecule has 148 valence electrons. The molecule has 3 aromatic rings. The summed E-state index contributed by atoms with van der Waals surface area (Å²) >= 11 is 15.3. The van der Waals surface area contributed by atoms with Crippen molar-refractivity contribution in [3.63, 3.8) is 0 Å². The molecule has 0 aliphatic carbocycles. The first-order valence-electron chi connectivity index (χ1n) is 8.37. The average Bonchev–Trinajstić information content (AvgIpc) is 2.68. The molecule has 0 saturated heterocycles. The topological polar surface area (TPSA) is 50.7 Å². The molecule has 3 aromatic carbocycles. The number of hydrazone groups is 1. The van der Waals surface area contributed by atoms with Gasteiger partial charge in [-0.1, -0.05) is 35.3 Å². The third-order valence-electron chi connectivity index (χ3n) is 3.82. The average molecular weight is 496 g/mol. The van der Waals surface area contributed by atoms with Crippen LogP contribution in [-0.2, 0) is 6.61 Å². The molecule has 0 aliphatic rings. The quantitative estimate of drug-likeness (QED) is 0.325. The minimum atomic E-state index is -0.443. The Labute approximate surface area is 185 Å². The molecule has 0 saturated carbocycles. The van der Waals surface area contributed by atoms with Crippen LogP contribution >= 0.6 is 39.1 Å². The molecular weight excluding hydrogens is 482 g/mol. The molecule has 0 heterocycles. The van der Waals surface area contributed by atoms with E-state index in [2.05, 4.69) is 26.5 Å². The summed E-state index contributed by atoms with van der Waals surface area (Å²) < 4.78 is 19.4. The Morgan fingerprint density at radius 2 is 1.86 bits per heavy atom. The number of hydrogen-bond donors (Lipinski definition) is 1. The number of nitrogens with one attached hydrogen (secondary N) is 1. The summed E-state index contributed by atoms with van der Waals surface area (Å²) in [5.41, 5.74) is 4.29. The van der Waals surface area contributed by atoms with Crippen molar-refractivity contribution in [1.82, 2.24) is 5.43 Å². The summed E-state index contributed by atoms with van der Waals surface area (Å²) in [5.74, 6) is -0.103. The smallest absolute Gasteiger partial charge is 0.272 e. The molecule has 0 atom stereocenters. The van der Waals surface area contributed by atoms with Gasteiger partial charge in [0.15, 0.2) is 0 Å². The highest BCUT2D eigenvalue weighted by Crippen LogP contribution is 2.26. The van der Waals surface area contributed by atoms with E-state index in [9.17, 15) is 9.18 Å². The fourth-order valence-electron chi connectivity index (χ4n) is 2.36. The highest BCUT2D eigenvalue weighted by molar-refractivity contribution is 9.10. The Balaban J connectivity index is 1.59. The second-order valence-corrected chi connectivity index (χ2v) is 7.63. The summed E-state index contributed by atoms with van der Waals surface area (Å²) in [7, 11) is 0. The van der Waals surface area contributed by atoms with E-state index >= 15 is 0 Å². The number of amides is 1. The van der Waals surface area contributed by atoms with E-state index in [4.69, 9.17) is 27.9 Å². The first-order valence-corrected chi connectivity index (χ1v) is 9.92. The highest BCUT2D eigenvalue weighted by Gasteiger charge is 2.09. The fourth-order valence-corrected chi connectivity index (χ4v) is 3.36. The molecule has 0 aromatic heterocycles. The number of rotatable bonds is 6. The largest absolute Gasteiger partial charge is 0.488 e. The summed E-state index contributed by atoms with van der Waals surface area (Å²) in [5, 5.41) is 4.63. The summed E-state index contributed by atoms with van der Waals surface area (Å²) in [6.45, 7) is 0.310. The van der Waals surface area contributed by atoms with Crippen LogP contribution in [0.1, 0.15) is 21.5 Å². The van der Waals surface area contributed by atoms with Gasteiger partial charge in [0.1, 0.15) is 18.2 Å². The Hall–Kier alpha value is -2.41. The lowest BCUT2D eigenvalue weighted by molar-refractivity contribution is 0.0955. The summed E-state index contributed by atoms with van der Waals surface area (Å²) in [6, 6.07) is 16.1. The van der Waals surface area contributed by atoms with E-state index < -0.39 is 5.91 Å². The SMILES string of the molecule is O=C(N/N=C\c1ccc(OCc2ccc(F)cc2)c(Br)c1)c1ccc(Cl)cc1Cl. The van der Waals surface area contributed by atoms with Gasteiger partial charge in [-0.25, -0.2) is 9.82 Å². The van der Waals surface area contributed by atoms with E-state index in [0.29, 0.717) is 17.4 Å².